The number of nitrogens with two attached hydrogens (primary N) is 1. The van der Waals surface area contributed by atoms with Crippen LogP contribution < -0.4 is 5.73 Å². The lowest BCUT2D eigenvalue weighted by Gasteiger charge is -2.27. The smallest absolute Gasteiger partial charge is 0.371 e. The lowest BCUT2D eigenvalue weighted by molar-refractivity contribution is -0.225. The summed E-state index contributed by atoms with van der Waals surface area (Å²) < 4.78 is 18.7. The first-order valence-corrected chi connectivity index (χ1v) is 7.35. The van der Waals surface area contributed by atoms with Gasteiger partial charge in [-0.1, -0.05) is 13.0 Å². The number of nitrogens with zero attached hydrogens (tertiary/aromatic N) is 2. The van der Waals surface area contributed by atoms with Gasteiger partial charge in [0, 0.05) is 0 Å². The zero-order valence-electron chi connectivity index (χ0n) is 13.2. The molecule has 2 aliphatic rings. The van der Waals surface area contributed by atoms with Gasteiger partial charge in [0.2, 0.25) is 5.91 Å². The van der Waals surface area contributed by atoms with Crippen molar-refractivity contribution in [2.75, 3.05) is 6.54 Å². The van der Waals surface area contributed by atoms with Gasteiger partial charge >= 0.3 is 18.4 Å². The Morgan fingerprint density at radius 3 is 2.74 bits per heavy atom. The summed E-state index contributed by atoms with van der Waals surface area (Å²) in [5.41, 5.74) is 5.86. The Hall–Kier alpha value is -2.16. The van der Waals surface area contributed by atoms with Gasteiger partial charge in [0.1, 0.15) is 6.04 Å². The van der Waals surface area contributed by atoms with Crippen molar-refractivity contribution in [3.8, 4) is 0 Å². The zero-order valence-corrected chi connectivity index (χ0v) is 13.2. The quantitative estimate of drug-likeness (QED) is 0.564. The number of alkyl halides is 1. The van der Waals surface area contributed by atoms with Crippen LogP contribution in [0.1, 0.15) is 27.2 Å². The maximum atomic E-state index is 13.9. The Balaban J connectivity index is 2.07. The van der Waals surface area contributed by atoms with Crippen LogP contribution in [0.5, 0.6) is 0 Å². The van der Waals surface area contributed by atoms with E-state index in [0.717, 1.165) is 5.06 Å². The summed E-state index contributed by atoms with van der Waals surface area (Å²) in [5, 5.41) is 0.745. The summed E-state index contributed by atoms with van der Waals surface area (Å²) in [6.07, 6.45) is -0.749. The van der Waals surface area contributed by atoms with Crippen LogP contribution in [-0.4, -0.2) is 59.0 Å². The van der Waals surface area contributed by atoms with Crippen LogP contribution in [0, 0.1) is 0 Å². The Labute approximate surface area is 132 Å². The molecule has 128 valence electrons. The third-order valence-electron chi connectivity index (χ3n) is 3.87. The van der Waals surface area contributed by atoms with E-state index in [9.17, 15) is 18.8 Å². The van der Waals surface area contributed by atoms with E-state index in [2.05, 4.69) is 0 Å². The SMILES string of the molecule is CC[C@H](C)OC(=O)C(F)ON1C(=O)N2C[C@H]1C=C(C)[C@H]2C(N)=O. The van der Waals surface area contributed by atoms with Gasteiger partial charge in [-0.2, -0.15) is 5.06 Å². The second-order valence-corrected chi connectivity index (χ2v) is 5.62. The molecule has 23 heavy (non-hydrogen) atoms. The summed E-state index contributed by atoms with van der Waals surface area (Å²) in [6, 6.07) is -2.20. The molecule has 3 amide bonds. The van der Waals surface area contributed by atoms with E-state index >= 15 is 0 Å². The average molecular weight is 329 g/mol. The number of rotatable bonds is 6. The molecule has 0 aromatic carbocycles. The number of hydroxylamine groups is 2. The van der Waals surface area contributed by atoms with E-state index in [1.165, 1.54) is 4.90 Å². The van der Waals surface area contributed by atoms with Gasteiger partial charge < -0.3 is 15.4 Å². The molecule has 2 aliphatic heterocycles. The molecule has 1 unspecified atom stereocenters. The number of halogens is 1. The standard InChI is InChI=1S/C14H20FN3O5/c1-4-8(3)22-13(20)11(15)23-18-9-5-7(2)10(12(16)19)17(6-9)14(18)21/h5,8-11H,4,6H2,1-3H3,(H2,16,19)/t8-,9+,10-,11?/m0/s1. The number of primary amides is 1. The van der Waals surface area contributed by atoms with Crippen LogP contribution in [0.4, 0.5) is 9.18 Å². The lowest BCUT2D eigenvalue weighted by Crippen LogP contribution is -2.48. The molecule has 2 bridgehead atoms. The van der Waals surface area contributed by atoms with Gasteiger partial charge in [-0.05, 0) is 25.8 Å². The van der Waals surface area contributed by atoms with E-state index in [-0.39, 0.29) is 6.54 Å². The molecule has 1 fully saturated rings. The molecule has 0 aliphatic carbocycles. The summed E-state index contributed by atoms with van der Waals surface area (Å²) in [6.45, 7) is 5.18. The average Bonchev–Trinajstić information content (AvgIpc) is 2.71. The van der Waals surface area contributed by atoms with E-state index in [1.807, 2.05) is 0 Å². The van der Waals surface area contributed by atoms with Crippen molar-refractivity contribution in [2.24, 2.45) is 5.73 Å². The first-order valence-electron chi connectivity index (χ1n) is 7.35. The molecule has 4 atom stereocenters. The van der Waals surface area contributed by atoms with Crippen molar-refractivity contribution in [2.45, 2.75) is 51.7 Å². The fourth-order valence-electron chi connectivity index (χ4n) is 2.58. The zero-order chi connectivity index (χ0) is 17.3. The maximum Gasteiger partial charge on any atom is 0.371 e. The van der Waals surface area contributed by atoms with Crippen LogP contribution in [-0.2, 0) is 19.2 Å². The molecule has 9 heteroatoms. The molecule has 2 N–H and O–H groups in total. The molecule has 0 radical (unpaired) electrons. The molecular weight excluding hydrogens is 309 g/mol. The van der Waals surface area contributed by atoms with Gasteiger partial charge in [-0.3, -0.25) is 4.79 Å². The van der Waals surface area contributed by atoms with Crippen molar-refractivity contribution in [1.29, 1.82) is 0 Å². The highest BCUT2D eigenvalue weighted by molar-refractivity contribution is 5.90. The van der Waals surface area contributed by atoms with Crippen LogP contribution in [0.15, 0.2) is 11.6 Å². The minimum absolute atomic E-state index is 0.136. The molecule has 2 heterocycles. The second kappa shape index (κ2) is 6.53. The molecule has 1 saturated heterocycles. The lowest BCUT2D eigenvalue weighted by atomic mass is 10.0. The van der Waals surface area contributed by atoms with Crippen LogP contribution >= 0.6 is 0 Å². The fraction of sp³-hybridized carbons (Fsp3) is 0.643. The van der Waals surface area contributed by atoms with Crippen LogP contribution in [0.3, 0.4) is 0 Å². The molecule has 8 nitrogen and oxygen atoms in total. The monoisotopic (exact) mass is 329 g/mol. The first kappa shape index (κ1) is 17.2. The number of amides is 3. The molecule has 0 spiro atoms. The summed E-state index contributed by atoms with van der Waals surface area (Å²) in [5.74, 6) is -1.88. The van der Waals surface area contributed by atoms with E-state index in [0.29, 0.717) is 12.0 Å². The van der Waals surface area contributed by atoms with Crippen LogP contribution in [0.25, 0.3) is 0 Å². The maximum absolute atomic E-state index is 13.9. The van der Waals surface area contributed by atoms with Gasteiger partial charge in [0.25, 0.3) is 0 Å². The molecule has 0 saturated carbocycles. The Kier molecular flexibility index (Phi) is 4.88. The number of ether oxygens (including phenoxy) is 1. The van der Waals surface area contributed by atoms with Crippen molar-refractivity contribution < 1.29 is 28.3 Å². The van der Waals surface area contributed by atoms with Crippen molar-refractivity contribution in [3.05, 3.63) is 11.6 Å². The van der Waals surface area contributed by atoms with Crippen molar-refractivity contribution in [3.63, 3.8) is 0 Å². The number of fused-ring (bicyclic) bond motifs is 2. The predicted octanol–water partition coefficient (Wildman–Crippen LogP) is 0.475. The summed E-state index contributed by atoms with van der Waals surface area (Å²) >= 11 is 0. The van der Waals surface area contributed by atoms with Gasteiger partial charge in [0.05, 0.1) is 18.7 Å². The minimum Gasteiger partial charge on any atom is -0.459 e. The number of hydrogen-bond donors (Lipinski definition) is 1. The van der Waals surface area contributed by atoms with E-state index < -0.39 is 42.5 Å². The van der Waals surface area contributed by atoms with Crippen molar-refractivity contribution in [1.82, 2.24) is 9.96 Å². The minimum atomic E-state index is -2.42. The van der Waals surface area contributed by atoms with E-state index in [1.54, 1.807) is 26.8 Å². The number of hydrogen-bond acceptors (Lipinski definition) is 5. The highest BCUT2D eigenvalue weighted by atomic mass is 19.1. The summed E-state index contributed by atoms with van der Waals surface area (Å²) in [7, 11) is 0. The molecule has 0 aromatic heterocycles. The Bertz CT molecular complexity index is 553. The first-order chi connectivity index (χ1) is 10.8. The molecule has 2 rings (SSSR count). The Morgan fingerprint density at radius 1 is 1.52 bits per heavy atom. The van der Waals surface area contributed by atoms with Crippen LogP contribution in [0.2, 0.25) is 0 Å². The van der Waals surface area contributed by atoms with Gasteiger partial charge in [0.15, 0.2) is 0 Å². The van der Waals surface area contributed by atoms with Crippen molar-refractivity contribution >= 4 is 17.9 Å². The predicted molar refractivity (Wildman–Crippen MR) is 76.3 cm³/mol. The topological polar surface area (TPSA) is 102 Å². The van der Waals surface area contributed by atoms with E-state index in [4.69, 9.17) is 15.3 Å². The Morgan fingerprint density at radius 2 is 2.17 bits per heavy atom. The second-order valence-electron chi connectivity index (χ2n) is 5.62. The largest absolute Gasteiger partial charge is 0.459 e. The highest BCUT2D eigenvalue weighted by Crippen LogP contribution is 2.30. The third-order valence-corrected chi connectivity index (χ3v) is 3.87. The fourth-order valence-corrected chi connectivity index (χ4v) is 2.58. The molecular formula is C14H20FN3O5. The number of carbonyl (C=O) groups excluding carboxylic acids is 3. The third kappa shape index (κ3) is 3.29. The normalized spacial score (nSPS) is 25.9. The highest BCUT2D eigenvalue weighted by Gasteiger charge is 2.48. The molecule has 0 aromatic rings. The number of urea groups is 1. The summed E-state index contributed by atoms with van der Waals surface area (Å²) in [4.78, 5) is 41.3. The van der Waals surface area contributed by atoms with Gasteiger partial charge in [-0.25, -0.2) is 18.8 Å². The number of esters is 1. The van der Waals surface area contributed by atoms with Gasteiger partial charge in [-0.15, -0.1) is 0 Å². The number of carbonyl (C=O) groups is 3.